The molecule has 4 heteroatoms. The highest BCUT2D eigenvalue weighted by molar-refractivity contribution is 5.59. The summed E-state index contributed by atoms with van der Waals surface area (Å²) in [5.74, 6) is 0.742. The minimum atomic E-state index is 0.474. The molecular formula is C14H19N3O. The van der Waals surface area contributed by atoms with Crippen LogP contribution in [0.4, 0.5) is 5.69 Å². The van der Waals surface area contributed by atoms with Gasteiger partial charge < -0.3 is 15.4 Å². The van der Waals surface area contributed by atoms with Crippen molar-refractivity contribution in [2.45, 2.75) is 25.3 Å². The normalized spacial score (nSPS) is 19.7. The Labute approximate surface area is 108 Å². The van der Waals surface area contributed by atoms with E-state index in [9.17, 15) is 0 Å². The highest BCUT2D eigenvalue weighted by atomic mass is 16.5. The number of hydrogen-bond donors (Lipinski definition) is 2. The summed E-state index contributed by atoms with van der Waals surface area (Å²) < 4.78 is 5.33. The summed E-state index contributed by atoms with van der Waals surface area (Å²) in [5, 5.41) is 15.8. The summed E-state index contributed by atoms with van der Waals surface area (Å²) in [6, 6.07) is 8.12. The third-order valence-electron chi connectivity index (χ3n) is 3.27. The number of nitriles is 1. The van der Waals surface area contributed by atoms with Crippen LogP contribution in [0.15, 0.2) is 18.2 Å². The number of rotatable bonds is 3. The molecule has 1 unspecified atom stereocenters. The molecule has 0 bridgehead atoms. The van der Waals surface area contributed by atoms with E-state index in [4.69, 9.17) is 10.00 Å². The zero-order valence-electron chi connectivity index (χ0n) is 10.7. The number of nitrogens with one attached hydrogen (secondary N) is 2. The van der Waals surface area contributed by atoms with Gasteiger partial charge in [-0.2, -0.15) is 5.26 Å². The molecule has 1 saturated heterocycles. The van der Waals surface area contributed by atoms with Gasteiger partial charge in [0.1, 0.15) is 5.75 Å². The molecule has 18 heavy (non-hydrogen) atoms. The fourth-order valence-electron chi connectivity index (χ4n) is 2.26. The zero-order valence-corrected chi connectivity index (χ0v) is 10.7. The Balaban J connectivity index is 2.10. The van der Waals surface area contributed by atoms with Crippen molar-refractivity contribution in [3.63, 3.8) is 0 Å². The monoisotopic (exact) mass is 245 g/mol. The third-order valence-corrected chi connectivity index (χ3v) is 3.27. The van der Waals surface area contributed by atoms with Crippen LogP contribution in [0.5, 0.6) is 5.75 Å². The Hall–Kier alpha value is -1.73. The van der Waals surface area contributed by atoms with Gasteiger partial charge in [-0.15, -0.1) is 0 Å². The van der Waals surface area contributed by atoms with Crippen LogP contribution in [-0.2, 0) is 0 Å². The van der Waals surface area contributed by atoms with Crippen LogP contribution >= 0.6 is 0 Å². The molecule has 0 aliphatic carbocycles. The number of anilines is 1. The lowest BCUT2D eigenvalue weighted by molar-refractivity contribution is 0.415. The Morgan fingerprint density at radius 3 is 3.06 bits per heavy atom. The number of ether oxygens (including phenoxy) is 1. The van der Waals surface area contributed by atoms with Gasteiger partial charge in [0.05, 0.1) is 24.4 Å². The van der Waals surface area contributed by atoms with Crippen LogP contribution < -0.4 is 15.4 Å². The zero-order chi connectivity index (χ0) is 12.8. The number of methoxy groups -OCH3 is 1. The molecule has 1 aliphatic heterocycles. The summed E-state index contributed by atoms with van der Waals surface area (Å²) in [6.07, 6.45) is 3.47. The number of benzene rings is 1. The van der Waals surface area contributed by atoms with Crippen LogP contribution in [0.1, 0.15) is 24.8 Å². The lowest BCUT2D eigenvalue weighted by atomic mass is 10.1. The molecule has 1 aromatic carbocycles. The van der Waals surface area contributed by atoms with Gasteiger partial charge in [-0.25, -0.2) is 0 Å². The molecule has 0 saturated carbocycles. The van der Waals surface area contributed by atoms with Crippen LogP contribution in [0.2, 0.25) is 0 Å². The average molecular weight is 245 g/mol. The van der Waals surface area contributed by atoms with E-state index >= 15 is 0 Å². The van der Waals surface area contributed by atoms with Gasteiger partial charge in [0.2, 0.25) is 0 Å². The molecule has 1 heterocycles. The highest BCUT2D eigenvalue weighted by Gasteiger charge is 2.13. The molecule has 2 rings (SSSR count). The number of nitrogens with zero attached hydrogens (tertiary/aromatic N) is 1. The minimum absolute atomic E-state index is 0.474. The smallest absolute Gasteiger partial charge is 0.143 e. The SMILES string of the molecule is COc1cc(C#N)ccc1NC1CCCNCC1. The standard InChI is InChI=1S/C14H19N3O/c1-18-14-9-11(10-15)4-5-13(14)17-12-3-2-7-16-8-6-12/h4-5,9,12,16-17H,2-3,6-8H2,1H3. The molecule has 4 nitrogen and oxygen atoms in total. The van der Waals surface area contributed by atoms with Crippen molar-refractivity contribution in [1.29, 1.82) is 5.26 Å². The molecule has 0 spiro atoms. The fourth-order valence-corrected chi connectivity index (χ4v) is 2.26. The largest absolute Gasteiger partial charge is 0.495 e. The Morgan fingerprint density at radius 1 is 1.39 bits per heavy atom. The van der Waals surface area contributed by atoms with Gasteiger partial charge in [0.25, 0.3) is 0 Å². The molecule has 0 amide bonds. The van der Waals surface area contributed by atoms with Gasteiger partial charge in [0, 0.05) is 12.1 Å². The number of hydrogen-bond acceptors (Lipinski definition) is 4. The van der Waals surface area contributed by atoms with Crippen molar-refractivity contribution in [1.82, 2.24) is 5.32 Å². The van der Waals surface area contributed by atoms with Crippen molar-refractivity contribution in [3.8, 4) is 11.8 Å². The molecule has 0 aromatic heterocycles. The van der Waals surface area contributed by atoms with Gasteiger partial charge in [0.15, 0.2) is 0 Å². The molecule has 1 atom stereocenters. The van der Waals surface area contributed by atoms with E-state index in [1.165, 1.54) is 6.42 Å². The first-order chi connectivity index (χ1) is 8.83. The predicted molar refractivity (Wildman–Crippen MR) is 71.8 cm³/mol. The molecule has 0 radical (unpaired) electrons. The van der Waals surface area contributed by atoms with Crippen molar-refractivity contribution < 1.29 is 4.74 Å². The van der Waals surface area contributed by atoms with Crippen molar-refractivity contribution in [2.24, 2.45) is 0 Å². The predicted octanol–water partition coefficient (Wildman–Crippen LogP) is 2.12. The van der Waals surface area contributed by atoms with E-state index in [0.717, 1.165) is 37.4 Å². The second-order valence-corrected chi connectivity index (χ2v) is 4.55. The van der Waals surface area contributed by atoms with E-state index in [-0.39, 0.29) is 0 Å². The minimum Gasteiger partial charge on any atom is -0.495 e. The second kappa shape index (κ2) is 6.27. The first-order valence-corrected chi connectivity index (χ1v) is 6.39. The van der Waals surface area contributed by atoms with Crippen molar-refractivity contribution >= 4 is 5.69 Å². The second-order valence-electron chi connectivity index (χ2n) is 4.55. The summed E-state index contributed by atoms with van der Waals surface area (Å²) in [4.78, 5) is 0. The van der Waals surface area contributed by atoms with Crippen molar-refractivity contribution in [2.75, 3.05) is 25.5 Å². The molecule has 1 fully saturated rings. The van der Waals surface area contributed by atoms with E-state index in [2.05, 4.69) is 16.7 Å². The van der Waals surface area contributed by atoms with Gasteiger partial charge in [-0.1, -0.05) is 0 Å². The van der Waals surface area contributed by atoms with Crippen molar-refractivity contribution in [3.05, 3.63) is 23.8 Å². The maximum atomic E-state index is 8.87. The summed E-state index contributed by atoms with van der Waals surface area (Å²) >= 11 is 0. The third kappa shape index (κ3) is 3.14. The van der Waals surface area contributed by atoms with E-state index < -0.39 is 0 Å². The van der Waals surface area contributed by atoms with E-state index in [0.29, 0.717) is 11.6 Å². The molecular weight excluding hydrogens is 226 g/mol. The first-order valence-electron chi connectivity index (χ1n) is 6.39. The first kappa shape index (κ1) is 12.7. The van der Waals surface area contributed by atoms with Crippen LogP contribution in [-0.4, -0.2) is 26.2 Å². The van der Waals surface area contributed by atoms with E-state index in [1.54, 1.807) is 13.2 Å². The topological polar surface area (TPSA) is 57.1 Å². The molecule has 96 valence electrons. The lowest BCUT2D eigenvalue weighted by Gasteiger charge is -2.19. The Morgan fingerprint density at radius 2 is 2.28 bits per heavy atom. The Bertz CT molecular complexity index is 431. The maximum Gasteiger partial charge on any atom is 0.143 e. The molecule has 2 N–H and O–H groups in total. The average Bonchev–Trinajstić information content (AvgIpc) is 2.68. The van der Waals surface area contributed by atoms with Crippen LogP contribution in [0.25, 0.3) is 0 Å². The Kier molecular flexibility index (Phi) is 4.43. The highest BCUT2D eigenvalue weighted by Crippen LogP contribution is 2.27. The van der Waals surface area contributed by atoms with Gasteiger partial charge in [-0.05, 0) is 44.5 Å². The molecule has 1 aromatic rings. The van der Waals surface area contributed by atoms with Crippen LogP contribution in [0.3, 0.4) is 0 Å². The lowest BCUT2D eigenvalue weighted by Crippen LogP contribution is -2.21. The van der Waals surface area contributed by atoms with Gasteiger partial charge >= 0.3 is 0 Å². The molecule has 1 aliphatic rings. The van der Waals surface area contributed by atoms with Gasteiger partial charge in [-0.3, -0.25) is 0 Å². The van der Waals surface area contributed by atoms with Crippen LogP contribution in [0, 0.1) is 11.3 Å². The summed E-state index contributed by atoms with van der Waals surface area (Å²) in [5.41, 5.74) is 1.60. The summed E-state index contributed by atoms with van der Waals surface area (Å²) in [7, 11) is 1.64. The fraction of sp³-hybridized carbons (Fsp3) is 0.500. The van der Waals surface area contributed by atoms with E-state index in [1.807, 2.05) is 12.1 Å². The quantitative estimate of drug-likeness (QED) is 0.856. The maximum absolute atomic E-state index is 8.87. The summed E-state index contributed by atoms with van der Waals surface area (Å²) in [6.45, 7) is 2.15.